The van der Waals surface area contributed by atoms with Crippen LogP contribution < -0.4 is 4.90 Å². The van der Waals surface area contributed by atoms with Crippen molar-refractivity contribution < 1.29 is 13.6 Å². The van der Waals surface area contributed by atoms with E-state index in [1.165, 1.54) is 34.4 Å². The van der Waals surface area contributed by atoms with Crippen molar-refractivity contribution in [2.24, 2.45) is 0 Å². The zero-order valence-electron chi connectivity index (χ0n) is 15.7. The first-order valence-corrected chi connectivity index (χ1v) is 10.0. The lowest BCUT2D eigenvalue weighted by Gasteiger charge is -2.20. The van der Waals surface area contributed by atoms with Gasteiger partial charge < -0.3 is 0 Å². The Hall–Kier alpha value is -3.12. The predicted octanol–water partition coefficient (Wildman–Crippen LogP) is 6.18. The van der Waals surface area contributed by atoms with Gasteiger partial charge in [-0.05, 0) is 60.9 Å². The van der Waals surface area contributed by atoms with Crippen molar-refractivity contribution in [3.8, 4) is 0 Å². The summed E-state index contributed by atoms with van der Waals surface area (Å²) in [6.45, 7) is 1.68. The third-order valence-electron chi connectivity index (χ3n) is 4.68. The number of fused-ring (bicyclic) bond motifs is 1. The molecule has 1 aromatic heterocycles. The van der Waals surface area contributed by atoms with E-state index in [1.807, 2.05) is 24.3 Å². The summed E-state index contributed by atoms with van der Waals surface area (Å²) in [4.78, 5) is 19.2. The van der Waals surface area contributed by atoms with Crippen molar-refractivity contribution >= 4 is 38.3 Å². The number of amides is 1. The van der Waals surface area contributed by atoms with Crippen LogP contribution in [0.4, 0.5) is 19.6 Å². The fourth-order valence-corrected chi connectivity index (χ4v) is 4.06. The molecule has 0 aliphatic rings. The molecule has 0 aliphatic heterocycles. The van der Waals surface area contributed by atoms with Crippen LogP contribution in [0.15, 0.2) is 66.7 Å². The lowest BCUT2D eigenvalue weighted by Crippen LogP contribution is -2.26. The second-order valence-electron chi connectivity index (χ2n) is 6.75. The highest BCUT2D eigenvalue weighted by molar-refractivity contribution is 7.22. The van der Waals surface area contributed by atoms with Crippen LogP contribution in [0.1, 0.15) is 17.5 Å². The average Bonchev–Trinajstić information content (AvgIpc) is 3.14. The number of carbonyl (C=O) groups is 1. The van der Waals surface area contributed by atoms with Gasteiger partial charge in [0.25, 0.3) is 0 Å². The summed E-state index contributed by atoms with van der Waals surface area (Å²) < 4.78 is 28.3. The smallest absolute Gasteiger partial charge is 0.233 e. The van der Waals surface area contributed by atoms with Gasteiger partial charge in [-0.15, -0.1) is 0 Å². The molecule has 0 saturated carbocycles. The van der Waals surface area contributed by atoms with Gasteiger partial charge in [0.1, 0.15) is 11.6 Å². The van der Waals surface area contributed by atoms with Gasteiger partial charge in [0.05, 0.1) is 15.9 Å². The number of aryl methyl sites for hydroxylation is 2. The van der Waals surface area contributed by atoms with Crippen LogP contribution in [0.25, 0.3) is 10.2 Å². The standard InChI is InChI=1S/C23H18F2N2OS/c1-15-6-12-18(14-19(15)25)27(23-26-20-4-2-3-5-21(20)29-23)22(28)13-9-16-7-10-17(24)11-8-16/h2-8,10-12,14H,9,13H2,1H3. The van der Waals surface area contributed by atoms with Crippen molar-refractivity contribution in [2.45, 2.75) is 19.8 Å². The molecule has 0 aliphatic carbocycles. The van der Waals surface area contributed by atoms with Crippen LogP contribution >= 0.6 is 11.3 Å². The molecule has 0 bridgehead atoms. The van der Waals surface area contributed by atoms with Crippen molar-refractivity contribution in [2.75, 3.05) is 4.90 Å². The SMILES string of the molecule is Cc1ccc(N(C(=O)CCc2ccc(F)cc2)c2nc3ccccc3s2)cc1F. The first-order valence-electron chi connectivity index (χ1n) is 9.20. The van der Waals surface area contributed by atoms with Crippen LogP contribution in [0, 0.1) is 18.6 Å². The van der Waals surface area contributed by atoms with Gasteiger partial charge in [-0.25, -0.2) is 13.8 Å². The number of para-hydroxylation sites is 1. The van der Waals surface area contributed by atoms with Gasteiger partial charge >= 0.3 is 0 Å². The van der Waals surface area contributed by atoms with Crippen LogP contribution in [0.2, 0.25) is 0 Å². The molecule has 0 atom stereocenters. The second-order valence-corrected chi connectivity index (χ2v) is 7.76. The number of halogens is 2. The highest BCUT2D eigenvalue weighted by Gasteiger charge is 2.22. The number of carbonyl (C=O) groups excluding carboxylic acids is 1. The third-order valence-corrected chi connectivity index (χ3v) is 5.70. The number of anilines is 2. The topological polar surface area (TPSA) is 33.2 Å². The lowest BCUT2D eigenvalue weighted by atomic mass is 10.1. The zero-order chi connectivity index (χ0) is 20.4. The summed E-state index contributed by atoms with van der Waals surface area (Å²) in [6.07, 6.45) is 0.645. The van der Waals surface area contributed by atoms with Gasteiger partial charge in [-0.2, -0.15) is 0 Å². The molecule has 0 fully saturated rings. The number of thiazole rings is 1. The fourth-order valence-electron chi connectivity index (χ4n) is 3.05. The molecule has 0 spiro atoms. The first kappa shape index (κ1) is 19.2. The Morgan fingerprint density at radius 2 is 1.79 bits per heavy atom. The molecule has 4 aromatic rings. The largest absolute Gasteiger partial charge is 0.274 e. The van der Waals surface area contributed by atoms with Crippen molar-refractivity contribution in [1.82, 2.24) is 4.98 Å². The molecule has 1 amide bonds. The number of nitrogens with zero attached hydrogens (tertiary/aromatic N) is 2. The Morgan fingerprint density at radius 3 is 2.52 bits per heavy atom. The van der Waals surface area contributed by atoms with E-state index < -0.39 is 0 Å². The van der Waals surface area contributed by atoms with Crippen molar-refractivity contribution in [3.05, 3.63) is 89.5 Å². The van der Waals surface area contributed by atoms with Crippen LogP contribution in [-0.4, -0.2) is 10.9 Å². The van der Waals surface area contributed by atoms with Gasteiger partial charge in [0.2, 0.25) is 5.91 Å². The summed E-state index contributed by atoms with van der Waals surface area (Å²) in [7, 11) is 0. The Morgan fingerprint density at radius 1 is 1.03 bits per heavy atom. The van der Waals surface area contributed by atoms with E-state index in [0.29, 0.717) is 22.8 Å². The Balaban J connectivity index is 1.67. The lowest BCUT2D eigenvalue weighted by molar-refractivity contribution is -0.117. The number of rotatable bonds is 5. The molecule has 29 heavy (non-hydrogen) atoms. The molecule has 3 aromatic carbocycles. The number of benzene rings is 3. The molecular weight excluding hydrogens is 390 g/mol. The quantitative estimate of drug-likeness (QED) is 0.395. The molecule has 6 heteroatoms. The Kier molecular flexibility index (Phi) is 5.36. The maximum Gasteiger partial charge on any atom is 0.233 e. The number of aromatic nitrogens is 1. The molecule has 146 valence electrons. The molecular formula is C23H18F2N2OS. The molecule has 4 rings (SSSR count). The minimum absolute atomic E-state index is 0.192. The summed E-state index contributed by atoms with van der Waals surface area (Å²) in [5.74, 6) is -0.886. The predicted molar refractivity (Wildman–Crippen MR) is 113 cm³/mol. The van der Waals surface area contributed by atoms with Gasteiger partial charge in [-0.1, -0.05) is 41.7 Å². The van der Waals surface area contributed by atoms with Crippen molar-refractivity contribution in [3.63, 3.8) is 0 Å². The van der Waals surface area contributed by atoms with E-state index in [2.05, 4.69) is 4.98 Å². The summed E-state index contributed by atoms with van der Waals surface area (Å²) in [6, 6.07) is 18.4. The van der Waals surface area contributed by atoms with E-state index in [9.17, 15) is 13.6 Å². The summed E-state index contributed by atoms with van der Waals surface area (Å²) in [5, 5.41) is 0.499. The fraction of sp³-hybridized carbons (Fsp3) is 0.130. The van der Waals surface area contributed by atoms with E-state index >= 15 is 0 Å². The summed E-state index contributed by atoms with van der Waals surface area (Å²) >= 11 is 1.38. The highest BCUT2D eigenvalue weighted by Crippen LogP contribution is 2.34. The monoisotopic (exact) mass is 408 g/mol. The maximum atomic E-state index is 14.2. The number of hydrogen-bond acceptors (Lipinski definition) is 3. The Labute approximate surface area is 171 Å². The maximum absolute atomic E-state index is 14.2. The third kappa shape index (κ3) is 4.17. The molecule has 0 radical (unpaired) electrons. The molecule has 1 heterocycles. The van der Waals surface area contributed by atoms with Crippen molar-refractivity contribution in [1.29, 1.82) is 0 Å². The van der Waals surface area contributed by atoms with Crippen LogP contribution in [0.5, 0.6) is 0 Å². The van der Waals surface area contributed by atoms with Gasteiger partial charge in [0, 0.05) is 6.42 Å². The van der Waals surface area contributed by atoms with Crippen LogP contribution in [-0.2, 0) is 11.2 Å². The average molecular weight is 408 g/mol. The van der Waals surface area contributed by atoms with Gasteiger partial charge in [-0.3, -0.25) is 9.69 Å². The van der Waals surface area contributed by atoms with Gasteiger partial charge in [0.15, 0.2) is 5.13 Å². The van der Waals surface area contributed by atoms with Crippen LogP contribution in [0.3, 0.4) is 0 Å². The van der Waals surface area contributed by atoms with E-state index in [-0.39, 0.29) is 24.0 Å². The van der Waals surface area contributed by atoms with E-state index in [0.717, 1.165) is 15.8 Å². The highest BCUT2D eigenvalue weighted by atomic mass is 32.1. The molecule has 0 unspecified atom stereocenters. The molecule has 0 N–H and O–H groups in total. The number of hydrogen-bond donors (Lipinski definition) is 0. The minimum atomic E-state index is -0.375. The second kappa shape index (κ2) is 8.09. The van der Waals surface area contributed by atoms with E-state index in [4.69, 9.17) is 0 Å². The summed E-state index contributed by atoms with van der Waals surface area (Å²) in [5.41, 5.74) is 2.60. The zero-order valence-corrected chi connectivity index (χ0v) is 16.5. The Bertz CT molecular complexity index is 1140. The minimum Gasteiger partial charge on any atom is -0.274 e. The molecule has 0 saturated heterocycles. The first-order chi connectivity index (χ1) is 14.0. The molecule has 3 nitrogen and oxygen atoms in total. The normalized spacial score (nSPS) is 11.0. The van der Waals surface area contributed by atoms with E-state index in [1.54, 1.807) is 31.2 Å².